The van der Waals surface area contributed by atoms with Crippen LogP contribution in [0.4, 0.5) is 0 Å². The van der Waals surface area contributed by atoms with Crippen LogP contribution in [0.3, 0.4) is 0 Å². The molecule has 118 valence electrons. The Balaban J connectivity index is 2.57. The van der Waals surface area contributed by atoms with E-state index in [0.717, 1.165) is 30.8 Å². The maximum absolute atomic E-state index is 12.0. The Hall–Kier alpha value is -1.55. The molecule has 2 N–H and O–H groups in total. The molecule has 0 saturated carbocycles. The van der Waals surface area contributed by atoms with E-state index in [1.165, 1.54) is 0 Å². The van der Waals surface area contributed by atoms with Crippen LogP contribution < -0.4 is 15.4 Å². The predicted octanol–water partition coefficient (Wildman–Crippen LogP) is 2.87. The van der Waals surface area contributed by atoms with E-state index in [0.29, 0.717) is 0 Å². The minimum atomic E-state index is -0.511. The van der Waals surface area contributed by atoms with E-state index in [2.05, 4.69) is 23.6 Å². The van der Waals surface area contributed by atoms with Crippen LogP contribution in [0, 0.1) is 0 Å². The van der Waals surface area contributed by atoms with Gasteiger partial charge in [0.25, 0.3) is 5.91 Å². The van der Waals surface area contributed by atoms with Crippen molar-refractivity contribution in [1.29, 1.82) is 0 Å². The summed E-state index contributed by atoms with van der Waals surface area (Å²) in [5, 5.41) is 6.27. The maximum atomic E-state index is 12.0. The van der Waals surface area contributed by atoms with Crippen molar-refractivity contribution < 1.29 is 9.53 Å². The van der Waals surface area contributed by atoms with Crippen LogP contribution in [0.5, 0.6) is 5.75 Å². The number of carbonyl (C=O) groups is 1. The zero-order valence-electron chi connectivity index (χ0n) is 13.8. The largest absolute Gasteiger partial charge is 0.481 e. The minimum absolute atomic E-state index is 0.1000. The smallest absolute Gasteiger partial charge is 0.261 e. The summed E-state index contributed by atoms with van der Waals surface area (Å²) in [6, 6.07) is 7.86. The number of hydrogen-bond donors (Lipinski definition) is 2. The highest BCUT2D eigenvalue weighted by Gasteiger charge is 2.20. The van der Waals surface area contributed by atoms with Crippen LogP contribution in [-0.4, -0.2) is 24.1 Å². The van der Waals surface area contributed by atoms with Crippen LogP contribution in [-0.2, 0) is 11.3 Å². The molecule has 4 heteroatoms. The van der Waals surface area contributed by atoms with E-state index in [1.54, 1.807) is 6.92 Å². The van der Waals surface area contributed by atoms with Crippen LogP contribution in [0.2, 0.25) is 0 Å². The Kier molecular flexibility index (Phi) is 6.69. The molecule has 1 atom stereocenters. The van der Waals surface area contributed by atoms with E-state index >= 15 is 0 Å². The molecule has 0 aliphatic heterocycles. The molecule has 0 heterocycles. The zero-order valence-corrected chi connectivity index (χ0v) is 13.8. The molecule has 0 radical (unpaired) electrons. The van der Waals surface area contributed by atoms with Gasteiger partial charge in [0.15, 0.2) is 6.10 Å². The highest BCUT2D eigenvalue weighted by molar-refractivity contribution is 5.81. The van der Waals surface area contributed by atoms with Crippen molar-refractivity contribution in [3.8, 4) is 5.75 Å². The number of benzene rings is 1. The quantitative estimate of drug-likeness (QED) is 0.760. The molecule has 4 nitrogen and oxygen atoms in total. The van der Waals surface area contributed by atoms with Gasteiger partial charge >= 0.3 is 0 Å². The van der Waals surface area contributed by atoms with Gasteiger partial charge in [0, 0.05) is 12.1 Å². The average Bonchev–Trinajstić information content (AvgIpc) is 2.37. The van der Waals surface area contributed by atoms with Gasteiger partial charge in [-0.1, -0.05) is 19.1 Å². The Morgan fingerprint density at radius 2 is 2.05 bits per heavy atom. The molecule has 0 aliphatic carbocycles. The van der Waals surface area contributed by atoms with E-state index in [1.807, 2.05) is 39.0 Å². The van der Waals surface area contributed by atoms with Gasteiger partial charge in [-0.2, -0.15) is 0 Å². The molecule has 1 amide bonds. The van der Waals surface area contributed by atoms with Crippen molar-refractivity contribution in [1.82, 2.24) is 10.6 Å². The van der Waals surface area contributed by atoms with Crippen molar-refractivity contribution in [3.05, 3.63) is 29.8 Å². The summed E-state index contributed by atoms with van der Waals surface area (Å²) in [7, 11) is 0. The lowest BCUT2D eigenvalue weighted by molar-refractivity contribution is -0.128. The highest BCUT2D eigenvalue weighted by Crippen LogP contribution is 2.15. The SMILES string of the molecule is CCCNCc1cccc(OC(C)C(=O)NC(C)(C)C)c1. The molecule has 1 unspecified atom stereocenters. The third-order valence-corrected chi connectivity index (χ3v) is 2.83. The lowest BCUT2D eigenvalue weighted by Gasteiger charge is -2.23. The number of ether oxygens (including phenoxy) is 1. The summed E-state index contributed by atoms with van der Waals surface area (Å²) in [5.41, 5.74) is 0.907. The summed E-state index contributed by atoms with van der Waals surface area (Å²) in [4.78, 5) is 12.0. The van der Waals surface area contributed by atoms with Gasteiger partial charge in [0.1, 0.15) is 5.75 Å². The first-order chi connectivity index (χ1) is 9.81. The second kappa shape index (κ2) is 8.03. The van der Waals surface area contributed by atoms with Crippen molar-refractivity contribution >= 4 is 5.91 Å². The van der Waals surface area contributed by atoms with Gasteiger partial charge in [-0.25, -0.2) is 0 Å². The van der Waals surface area contributed by atoms with Gasteiger partial charge in [-0.15, -0.1) is 0 Å². The summed E-state index contributed by atoms with van der Waals surface area (Å²) in [6.45, 7) is 11.6. The summed E-state index contributed by atoms with van der Waals surface area (Å²) in [6.07, 6.45) is 0.600. The molecule has 1 aromatic carbocycles. The third kappa shape index (κ3) is 7.14. The lowest BCUT2D eigenvalue weighted by Crippen LogP contribution is -2.46. The fourth-order valence-corrected chi connectivity index (χ4v) is 1.87. The molecular formula is C17H28N2O2. The van der Waals surface area contributed by atoms with Crippen LogP contribution in [0.15, 0.2) is 24.3 Å². The highest BCUT2D eigenvalue weighted by atomic mass is 16.5. The molecule has 0 spiro atoms. The molecular weight excluding hydrogens is 264 g/mol. The van der Waals surface area contributed by atoms with Gasteiger partial charge in [0.2, 0.25) is 0 Å². The van der Waals surface area contributed by atoms with Gasteiger partial charge in [-0.05, 0) is 58.4 Å². The Morgan fingerprint density at radius 3 is 2.67 bits per heavy atom. The molecule has 0 fully saturated rings. The number of nitrogens with one attached hydrogen (secondary N) is 2. The average molecular weight is 292 g/mol. The van der Waals surface area contributed by atoms with Crippen molar-refractivity contribution in [3.63, 3.8) is 0 Å². The number of carbonyl (C=O) groups excluding carboxylic acids is 1. The predicted molar refractivity (Wildman–Crippen MR) is 86.4 cm³/mol. The van der Waals surface area contributed by atoms with Crippen molar-refractivity contribution in [2.75, 3.05) is 6.54 Å². The number of rotatable bonds is 7. The van der Waals surface area contributed by atoms with Crippen molar-refractivity contribution in [2.24, 2.45) is 0 Å². The normalized spacial score (nSPS) is 12.8. The van der Waals surface area contributed by atoms with Crippen LogP contribution >= 0.6 is 0 Å². The molecule has 1 rings (SSSR count). The van der Waals surface area contributed by atoms with Crippen molar-refractivity contribution in [2.45, 2.75) is 59.2 Å². The summed E-state index contributed by atoms with van der Waals surface area (Å²) < 4.78 is 5.73. The molecule has 0 aromatic heterocycles. The van der Waals surface area contributed by atoms with E-state index in [-0.39, 0.29) is 11.4 Å². The number of hydrogen-bond acceptors (Lipinski definition) is 3. The monoisotopic (exact) mass is 292 g/mol. The second-order valence-corrected chi connectivity index (χ2v) is 6.32. The summed E-state index contributed by atoms with van der Waals surface area (Å²) >= 11 is 0. The Labute approximate surface area is 128 Å². The maximum Gasteiger partial charge on any atom is 0.261 e. The van der Waals surface area contributed by atoms with E-state index < -0.39 is 6.10 Å². The molecule has 21 heavy (non-hydrogen) atoms. The van der Waals surface area contributed by atoms with E-state index in [4.69, 9.17) is 4.74 Å². The first-order valence-electron chi connectivity index (χ1n) is 7.60. The number of amides is 1. The molecule has 1 aromatic rings. The zero-order chi connectivity index (χ0) is 15.9. The standard InChI is InChI=1S/C17H28N2O2/c1-6-10-18-12-14-8-7-9-15(11-14)21-13(2)16(20)19-17(3,4)5/h7-9,11,13,18H,6,10,12H2,1-5H3,(H,19,20). The Morgan fingerprint density at radius 1 is 1.33 bits per heavy atom. The fourth-order valence-electron chi connectivity index (χ4n) is 1.87. The first kappa shape index (κ1) is 17.5. The lowest BCUT2D eigenvalue weighted by atomic mass is 10.1. The van der Waals surface area contributed by atoms with Gasteiger partial charge in [-0.3, -0.25) is 4.79 Å². The molecule has 0 aliphatic rings. The van der Waals surface area contributed by atoms with Crippen LogP contribution in [0.1, 0.15) is 46.6 Å². The first-order valence-corrected chi connectivity index (χ1v) is 7.60. The van der Waals surface area contributed by atoms with Crippen LogP contribution in [0.25, 0.3) is 0 Å². The summed E-state index contributed by atoms with van der Waals surface area (Å²) in [5.74, 6) is 0.624. The van der Waals surface area contributed by atoms with E-state index in [9.17, 15) is 4.79 Å². The Bertz CT molecular complexity index is 452. The molecule has 0 bridgehead atoms. The third-order valence-electron chi connectivity index (χ3n) is 2.83. The minimum Gasteiger partial charge on any atom is -0.481 e. The second-order valence-electron chi connectivity index (χ2n) is 6.32. The topological polar surface area (TPSA) is 50.4 Å². The fraction of sp³-hybridized carbons (Fsp3) is 0.588. The van der Waals surface area contributed by atoms with Gasteiger partial charge in [0.05, 0.1) is 0 Å². The van der Waals surface area contributed by atoms with Gasteiger partial charge < -0.3 is 15.4 Å². The molecule has 0 saturated heterocycles.